The maximum atomic E-state index is 16.3. The average Bonchev–Trinajstić information content (AvgIpc) is 3.49. The van der Waals surface area contributed by atoms with Crippen LogP contribution in [0.2, 0.25) is 5.02 Å². The predicted molar refractivity (Wildman–Crippen MR) is 168 cm³/mol. The van der Waals surface area contributed by atoms with E-state index in [-0.39, 0.29) is 33.6 Å². The fraction of sp³-hybridized carbons (Fsp3) is 0.273. The Labute approximate surface area is 258 Å². The molecule has 2 aromatic carbocycles. The van der Waals surface area contributed by atoms with E-state index in [0.29, 0.717) is 54.9 Å². The molecule has 1 fully saturated rings. The number of carbonyl (C=O) groups is 1. The molecule has 1 amide bonds. The molecular formula is C33H32ClF2N5O3. The number of nitrogens with one attached hydrogen (secondary N) is 1. The summed E-state index contributed by atoms with van der Waals surface area (Å²) in [5.74, 6) is -1.62. The monoisotopic (exact) mass is 619 g/mol. The quantitative estimate of drug-likeness (QED) is 0.235. The van der Waals surface area contributed by atoms with Crippen molar-refractivity contribution >= 4 is 40.3 Å². The van der Waals surface area contributed by atoms with E-state index in [1.807, 2.05) is 13.0 Å². The Hall–Kier alpha value is -4.41. The normalized spacial score (nSPS) is 15.1. The molecule has 1 N–H and O–H groups in total. The van der Waals surface area contributed by atoms with Crippen molar-refractivity contribution in [3.63, 3.8) is 0 Å². The molecule has 8 nitrogen and oxygen atoms in total. The first-order valence-electron chi connectivity index (χ1n) is 14.3. The van der Waals surface area contributed by atoms with Gasteiger partial charge in [-0.2, -0.15) is 5.10 Å². The Morgan fingerprint density at radius 3 is 2.64 bits per heavy atom. The molecule has 1 aliphatic heterocycles. The number of hydrogen-bond acceptors (Lipinski definition) is 5. The van der Waals surface area contributed by atoms with Crippen molar-refractivity contribution in [2.45, 2.75) is 33.1 Å². The van der Waals surface area contributed by atoms with Gasteiger partial charge in [0.05, 0.1) is 36.2 Å². The van der Waals surface area contributed by atoms with E-state index in [2.05, 4.69) is 15.2 Å². The molecule has 1 aliphatic rings. The van der Waals surface area contributed by atoms with Crippen molar-refractivity contribution in [1.82, 2.24) is 19.7 Å². The van der Waals surface area contributed by atoms with E-state index in [4.69, 9.17) is 16.3 Å². The number of amides is 1. The maximum Gasteiger partial charge on any atom is 0.273 e. The average molecular weight is 620 g/mol. The van der Waals surface area contributed by atoms with Gasteiger partial charge in [-0.15, -0.1) is 0 Å². The van der Waals surface area contributed by atoms with E-state index in [1.54, 1.807) is 43.0 Å². The lowest BCUT2D eigenvalue weighted by Gasteiger charge is -2.27. The second-order valence-corrected chi connectivity index (χ2v) is 11.0. The summed E-state index contributed by atoms with van der Waals surface area (Å²) in [6, 6.07) is 9.60. The first-order chi connectivity index (χ1) is 21.2. The zero-order valence-electron chi connectivity index (χ0n) is 24.6. The Bertz CT molecular complexity index is 1840. The van der Waals surface area contributed by atoms with E-state index in [9.17, 15) is 14.0 Å². The summed E-state index contributed by atoms with van der Waals surface area (Å²) in [6.45, 7) is 6.95. The molecular weight excluding hydrogens is 588 g/mol. The van der Waals surface area contributed by atoms with Crippen molar-refractivity contribution in [2.75, 3.05) is 26.3 Å². The van der Waals surface area contributed by atoms with Crippen LogP contribution in [0.25, 0.3) is 17.1 Å². The fourth-order valence-corrected chi connectivity index (χ4v) is 5.60. The maximum absolute atomic E-state index is 16.3. The molecule has 3 heterocycles. The summed E-state index contributed by atoms with van der Waals surface area (Å²) in [5.41, 5.74) is 2.37. The van der Waals surface area contributed by atoms with E-state index < -0.39 is 17.3 Å². The molecule has 4 aromatic rings. The number of benzene rings is 2. The number of aliphatic imine (C=N–C) groups is 1. The Morgan fingerprint density at radius 2 is 1.93 bits per heavy atom. The third-order valence-corrected chi connectivity index (χ3v) is 7.99. The van der Waals surface area contributed by atoms with Gasteiger partial charge in [0.2, 0.25) is 0 Å². The smallest absolute Gasteiger partial charge is 0.273 e. The van der Waals surface area contributed by atoms with Crippen molar-refractivity contribution in [3.8, 4) is 0 Å². The molecule has 11 heteroatoms. The van der Waals surface area contributed by atoms with Gasteiger partial charge in [0.1, 0.15) is 16.7 Å². The van der Waals surface area contributed by atoms with Crippen LogP contribution in [-0.2, 0) is 11.2 Å². The summed E-state index contributed by atoms with van der Waals surface area (Å²) >= 11 is 6.59. The second-order valence-electron chi connectivity index (χ2n) is 10.6. The summed E-state index contributed by atoms with van der Waals surface area (Å²) < 4.78 is 36.4. The van der Waals surface area contributed by atoms with Crippen LogP contribution in [0.1, 0.15) is 52.5 Å². The number of morpholine rings is 1. The van der Waals surface area contributed by atoms with Crippen LogP contribution in [-0.4, -0.2) is 57.6 Å². The van der Waals surface area contributed by atoms with Gasteiger partial charge < -0.3 is 9.64 Å². The topological polar surface area (TPSA) is 92.6 Å². The van der Waals surface area contributed by atoms with Gasteiger partial charge in [-0.3, -0.25) is 24.2 Å². The number of H-pyrrole nitrogens is 1. The number of nitrogens with zero attached hydrogens (tertiary/aromatic N) is 4. The first kappa shape index (κ1) is 31.0. The summed E-state index contributed by atoms with van der Waals surface area (Å²) in [7, 11) is 0. The van der Waals surface area contributed by atoms with Gasteiger partial charge in [-0.05, 0) is 67.7 Å². The van der Waals surface area contributed by atoms with Gasteiger partial charge in [0.15, 0.2) is 0 Å². The number of rotatable bonds is 8. The number of aromatic amines is 1. The molecule has 2 aromatic heterocycles. The van der Waals surface area contributed by atoms with Crippen LogP contribution >= 0.6 is 11.6 Å². The Morgan fingerprint density at radius 1 is 1.20 bits per heavy atom. The van der Waals surface area contributed by atoms with Crippen LogP contribution in [0, 0.1) is 18.6 Å². The van der Waals surface area contributed by atoms with E-state index >= 15 is 4.39 Å². The molecule has 5 rings (SSSR count). The SMILES string of the molecule is C/C=C/N=C(/C=C/n1c(C)cc(C(C)Cc2ccc(F)cc2)c(Cl)c1=O)c1cc2[nH]ncc2c(C(=O)N2CCOCC2)c1F. The van der Waals surface area contributed by atoms with E-state index in [0.717, 1.165) is 5.56 Å². The molecule has 1 saturated heterocycles. The first-order valence-corrected chi connectivity index (χ1v) is 14.6. The highest BCUT2D eigenvalue weighted by molar-refractivity contribution is 6.31. The van der Waals surface area contributed by atoms with Crippen molar-refractivity contribution in [1.29, 1.82) is 0 Å². The third-order valence-electron chi connectivity index (χ3n) is 7.61. The van der Waals surface area contributed by atoms with Gasteiger partial charge >= 0.3 is 0 Å². The number of halogens is 3. The van der Waals surface area contributed by atoms with Crippen LogP contribution in [0.5, 0.6) is 0 Å². The minimum atomic E-state index is -0.740. The summed E-state index contributed by atoms with van der Waals surface area (Å²) in [4.78, 5) is 32.9. The molecule has 1 unspecified atom stereocenters. The number of fused-ring (bicyclic) bond motifs is 1. The highest BCUT2D eigenvalue weighted by Crippen LogP contribution is 2.28. The molecule has 0 aliphatic carbocycles. The number of ether oxygens (including phenoxy) is 1. The predicted octanol–water partition coefficient (Wildman–Crippen LogP) is 6.28. The van der Waals surface area contributed by atoms with Crippen LogP contribution in [0.4, 0.5) is 8.78 Å². The lowest BCUT2D eigenvalue weighted by atomic mass is 9.93. The van der Waals surface area contributed by atoms with Crippen molar-refractivity contribution in [2.24, 2.45) is 4.99 Å². The number of aryl methyl sites for hydroxylation is 1. The van der Waals surface area contributed by atoms with Crippen LogP contribution in [0.3, 0.4) is 0 Å². The molecule has 44 heavy (non-hydrogen) atoms. The molecule has 0 spiro atoms. The lowest BCUT2D eigenvalue weighted by molar-refractivity contribution is 0.0301. The standard InChI is InChI=1S/C33H32ClF2N5O3/c1-4-10-37-27(25-18-28-26(19-38-39-28)29(31(25)36)32(42)40-12-14-44-15-13-40)9-11-41-21(3)17-24(30(34)33(41)43)20(2)16-22-5-7-23(35)8-6-22/h4-11,17-20H,12-16H2,1-3H3,(H,38,39)/b10-4+,11-9+,37-27-. The van der Waals surface area contributed by atoms with Gasteiger partial charge in [0.25, 0.3) is 11.5 Å². The van der Waals surface area contributed by atoms with Crippen molar-refractivity contribution < 1.29 is 18.3 Å². The summed E-state index contributed by atoms with van der Waals surface area (Å²) in [5, 5.41) is 7.29. The van der Waals surface area contributed by atoms with Gasteiger partial charge in [-0.1, -0.05) is 36.7 Å². The largest absolute Gasteiger partial charge is 0.378 e. The number of pyridine rings is 1. The number of aromatic nitrogens is 3. The Balaban J connectivity index is 1.52. The van der Waals surface area contributed by atoms with Gasteiger partial charge in [-0.25, -0.2) is 8.78 Å². The molecule has 228 valence electrons. The molecule has 1 atom stereocenters. The minimum absolute atomic E-state index is 0.0604. The molecule has 0 saturated carbocycles. The van der Waals surface area contributed by atoms with Crippen molar-refractivity contribution in [3.05, 3.63) is 116 Å². The van der Waals surface area contributed by atoms with E-state index in [1.165, 1.54) is 41.4 Å². The molecule has 0 radical (unpaired) electrons. The zero-order chi connectivity index (χ0) is 31.4. The molecule has 0 bridgehead atoms. The van der Waals surface area contributed by atoms with Crippen LogP contribution < -0.4 is 5.56 Å². The highest BCUT2D eigenvalue weighted by atomic mass is 35.5. The number of allylic oxidation sites excluding steroid dienone is 2. The third kappa shape index (κ3) is 6.41. The zero-order valence-corrected chi connectivity index (χ0v) is 25.4. The fourth-order valence-electron chi connectivity index (χ4n) is 5.26. The second kappa shape index (κ2) is 13.5. The van der Waals surface area contributed by atoms with Gasteiger partial charge in [0, 0.05) is 42.1 Å². The summed E-state index contributed by atoms with van der Waals surface area (Å²) in [6.07, 6.45) is 8.18. The number of carbonyl (C=O) groups excluding carboxylic acids is 1. The minimum Gasteiger partial charge on any atom is -0.378 e. The number of hydrogen-bond donors (Lipinski definition) is 1. The highest BCUT2D eigenvalue weighted by Gasteiger charge is 2.27. The lowest BCUT2D eigenvalue weighted by Crippen LogP contribution is -2.41. The van der Waals surface area contributed by atoms with Crippen LogP contribution in [0.15, 0.2) is 70.7 Å². The Kier molecular flexibility index (Phi) is 9.51.